The minimum absolute atomic E-state index is 0.327. The molecular weight excluding hydrogens is 227 g/mol. The van der Waals surface area contributed by atoms with E-state index in [1.54, 1.807) is 12.1 Å². The van der Waals surface area contributed by atoms with Gasteiger partial charge in [0.1, 0.15) is 0 Å². The van der Waals surface area contributed by atoms with Crippen LogP contribution >= 0.6 is 0 Å². The van der Waals surface area contributed by atoms with Crippen molar-refractivity contribution in [1.29, 1.82) is 0 Å². The molecule has 0 radical (unpaired) electrons. The quantitative estimate of drug-likeness (QED) is 0.777. The highest BCUT2D eigenvalue weighted by Crippen LogP contribution is 2.29. The maximum atomic E-state index is 13.7. The van der Waals surface area contributed by atoms with Crippen LogP contribution in [0.1, 0.15) is 24.1 Å². The zero-order valence-corrected chi connectivity index (χ0v) is 10.3. The first-order chi connectivity index (χ1) is 8.75. The average Bonchev–Trinajstić information content (AvgIpc) is 2.40. The van der Waals surface area contributed by atoms with Gasteiger partial charge in [0.05, 0.1) is 0 Å². The number of rotatable bonds is 1. The van der Waals surface area contributed by atoms with Gasteiger partial charge in [-0.1, -0.05) is 12.1 Å². The average molecular weight is 242 g/mol. The van der Waals surface area contributed by atoms with Crippen molar-refractivity contribution in [2.45, 2.75) is 19.4 Å². The minimum atomic E-state index is -0.408. The summed E-state index contributed by atoms with van der Waals surface area (Å²) in [6.45, 7) is 3.15. The van der Waals surface area contributed by atoms with Gasteiger partial charge < -0.3 is 5.32 Å². The fraction of sp³-hybridized carbons (Fsp3) is 0.267. The molecule has 1 N–H and O–H groups in total. The van der Waals surface area contributed by atoms with Gasteiger partial charge in [0.2, 0.25) is 5.95 Å². The molecule has 3 rings (SSSR count). The summed E-state index contributed by atoms with van der Waals surface area (Å²) in [6, 6.07) is 10.0. The second-order valence-electron chi connectivity index (χ2n) is 4.68. The molecule has 0 aliphatic carbocycles. The van der Waals surface area contributed by atoms with E-state index < -0.39 is 5.95 Å². The second kappa shape index (κ2) is 4.50. The van der Waals surface area contributed by atoms with Crippen molar-refractivity contribution in [2.75, 3.05) is 6.54 Å². The van der Waals surface area contributed by atoms with Gasteiger partial charge in [0, 0.05) is 17.8 Å². The number of nitrogens with one attached hydrogen (secondary N) is 1. The third-order valence-electron chi connectivity index (χ3n) is 3.53. The summed E-state index contributed by atoms with van der Waals surface area (Å²) in [7, 11) is 0. The van der Waals surface area contributed by atoms with E-state index in [4.69, 9.17) is 0 Å². The number of benzene rings is 1. The number of nitrogens with zero attached hydrogens (tertiary/aromatic N) is 1. The molecule has 1 aliphatic rings. The lowest BCUT2D eigenvalue weighted by Gasteiger charge is -2.24. The Kier molecular flexibility index (Phi) is 2.84. The van der Waals surface area contributed by atoms with Gasteiger partial charge in [0.25, 0.3) is 0 Å². The molecule has 2 aromatic rings. The molecule has 0 spiro atoms. The molecule has 0 saturated heterocycles. The SMILES string of the molecule is CC1NCCc2ccc(-c3cccnc3F)cc21. The number of hydrogen-bond donors (Lipinski definition) is 1. The van der Waals surface area contributed by atoms with Gasteiger partial charge in [-0.25, -0.2) is 4.98 Å². The second-order valence-corrected chi connectivity index (χ2v) is 4.68. The van der Waals surface area contributed by atoms with Crippen molar-refractivity contribution in [3.63, 3.8) is 0 Å². The summed E-state index contributed by atoms with van der Waals surface area (Å²) in [5.41, 5.74) is 4.09. The lowest BCUT2D eigenvalue weighted by atomic mass is 9.92. The van der Waals surface area contributed by atoms with Crippen LogP contribution in [0.4, 0.5) is 4.39 Å². The highest BCUT2D eigenvalue weighted by atomic mass is 19.1. The van der Waals surface area contributed by atoms with Crippen molar-refractivity contribution in [3.8, 4) is 11.1 Å². The largest absolute Gasteiger partial charge is 0.310 e. The molecule has 1 aromatic carbocycles. The standard InChI is InChI=1S/C15H15FN2/c1-10-14-9-12(5-4-11(14)6-8-17-10)13-3-2-7-18-15(13)16/h2-5,7,9-10,17H,6,8H2,1H3. The van der Waals surface area contributed by atoms with Crippen LogP contribution in [0.5, 0.6) is 0 Å². The van der Waals surface area contributed by atoms with Crippen LogP contribution in [-0.2, 0) is 6.42 Å². The number of hydrogen-bond acceptors (Lipinski definition) is 2. The van der Waals surface area contributed by atoms with Crippen LogP contribution in [0.3, 0.4) is 0 Å². The first kappa shape index (κ1) is 11.4. The van der Waals surface area contributed by atoms with Crippen LogP contribution in [0.25, 0.3) is 11.1 Å². The fourth-order valence-corrected chi connectivity index (χ4v) is 2.53. The van der Waals surface area contributed by atoms with Gasteiger partial charge in [-0.3, -0.25) is 0 Å². The number of pyridine rings is 1. The predicted molar refractivity (Wildman–Crippen MR) is 69.8 cm³/mol. The van der Waals surface area contributed by atoms with Gasteiger partial charge in [-0.05, 0) is 54.8 Å². The molecular formula is C15H15FN2. The van der Waals surface area contributed by atoms with E-state index in [0.717, 1.165) is 18.5 Å². The number of halogens is 1. The summed E-state index contributed by atoms with van der Waals surface area (Å²) >= 11 is 0. The van der Waals surface area contributed by atoms with E-state index in [-0.39, 0.29) is 0 Å². The van der Waals surface area contributed by atoms with E-state index in [9.17, 15) is 4.39 Å². The molecule has 2 heterocycles. The van der Waals surface area contributed by atoms with Crippen LogP contribution in [0, 0.1) is 5.95 Å². The Morgan fingerprint density at radius 1 is 1.33 bits per heavy atom. The van der Waals surface area contributed by atoms with Crippen LogP contribution in [-0.4, -0.2) is 11.5 Å². The molecule has 1 unspecified atom stereocenters. The summed E-state index contributed by atoms with van der Waals surface area (Å²) in [5, 5.41) is 3.42. The Morgan fingerprint density at radius 3 is 3.06 bits per heavy atom. The summed E-state index contributed by atoms with van der Waals surface area (Å²) in [5.74, 6) is -0.408. The Morgan fingerprint density at radius 2 is 2.22 bits per heavy atom. The highest BCUT2D eigenvalue weighted by molar-refractivity contribution is 5.65. The highest BCUT2D eigenvalue weighted by Gasteiger charge is 2.17. The Bertz CT molecular complexity index is 580. The predicted octanol–water partition coefficient (Wildman–Crippen LogP) is 3.09. The van der Waals surface area contributed by atoms with Crippen LogP contribution in [0.15, 0.2) is 36.5 Å². The Labute approximate surface area is 106 Å². The van der Waals surface area contributed by atoms with E-state index in [0.29, 0.717) is 11.6 Å². The molecule has 0 bridgehead atoms. The lowest BCUT2D eigenvalue weighted by molar-refractivity contribution is 0.541. The Hall–Kier alpha value is -1.74. The molecule has 2 nitrogen and oxygen atoms in total. The molecule has 0 amide bonds. The van der Waals surface area contributed by atoms with Gasteiger partial charge >= 0.3 is 0 Å². The first-order valence-corrected chi connectivity index (χ1v) is 6.23. The molecule has 18 heavy (non-hydrogen) atoms. The fourth-order valence-electron chi connectivity index (χ4n) is 2.53. The normalized spacial score (nSPS) is 18.4. The van der Waals surface area contributed by atoms with Crippen LogP contribution < -0.4 is 5.32 Å². The molecule has 1 aromatic heterocycles. The number of fused-ring (bicyclic) bond motifs is 1. The van der Waals surface area contributed by atoms with Crippen molar-refractivity contribution in [3.05, 3.63) is 53.6 Å². The minimum Gasteiger partial charge on any atom is -0.310 e. The smallest absolute Gasteiger partial charge is 0.220 e. The monoisotopic (exact) mass is 242 g/mol. The first-order valence-electron chi connectivity index (χ1n) is 6.23. The molecule has 0 fully saturated rings. The molecule has 1 atom stereocenters. The third kappa shape index (κ3) is 1.91. The van der Waals surface area contributed by atoms with Crippen molar-refractivity contribution in [1.82, 2.24) is 10.3 Å². The maximum absolute atomic E-state index is 13.7. The summed E-state index contributed by atoms with van der Waals surface area (Å²) in [6.07, 6.45) is 2.51. The topological polar surface area (TPSA) is 24.9 Å². The number of aromatic nitrogens is 1. The van der Waals surface area contributed by atoms with Crippen molar-refractivity contribution >= 4 is 0 Å². The molecule has 3 heteroatoms. The Balaban J connectivity index is 2.10. The third-order valence-corrected chi connectivity index (χ3v) is 3.53. The van der Waals surface area contributed by atoms with Gasteiger partial charge in [-0.2, -0.15) is 4.39 Å². The van der Waals surface area contributed by atoms with E-state index in [2.05, 4.69) is 29.4 Å². The summed E-state index contributed by atoms with van der Waals surface area (Å²) < 4.78 is 13.7. The lowest BCUT2D eigenvalue weighted by Crippen LogP contribution is -2.27. The van der Waals surface area contributed by atoms with Crippen LogP contribution in [0.2, 0.25) is 0 Å². The molecule has 92 valence electrons. The zero-order valence-electron chi connectivity index (χ0n) is 10.3. The zero-order chi connectivity index (χ0) is 12.5. The maximum Gasteiger partial charge on any atom is 0.220 e. The molecule has 1 aliphatic heterocycles. The molecule has 0 saturated carbocycles. The summed E-state index contributed by atoms with van der Waals surface area (Å²) in [4.78, 5) is 3.70. The van der Waals surface area contributed by atoms with Crippen molar-refractivity contribution in [2.24, 2.45) is 0 Å². The van der Waals surface area contributed by atoms with Gasteiger partial charge in [0.15, 0.2) is 0 Å². The van der Waals surface area contributed by atoms with Gasteiger partial charge in [-0.15, -0.1) is 0 Å². The van der Waals surface area contributed by atoms with E-state index >= 15 is 0 Å². The van der Waals surface area contributed by atoms with E-state index in [1.807, 2.05) is 6.07 Å². The van der Waals surface area contributed by atoms with E-state index in [1.165, 1.54) is 17.3 Å². The van der Waals surface area contributed by atoms with Crippen molar-refractivity contribution < 1.29 is 4.39 Å².